The van der Waals surface area contributed by atoms with Crippen LogP contribution in [0.15, 0.2) is 12.3 Å². The molecule has 3 heterocycles. The summed E-state index contributed by atoms with van der Waals surface area (Å²) >= 11 is 0. The Kier molecular flexibility index (Phi) is 5.50. The minimum atomic E-state index is -0.0663. The Morgan fingerprint density at radius 3 is 2.79 bits per heavy atom. The number of rotatable bonds is 4. The predicted octanol–water partition coefficient (Wildman–Crippen LogP) is 1.45. The van der Waals surface area contributed by atoms with Crippen molar-refractivity contribution in [3.63, 3.8) is 0 Å². The van der Waals surface area contributed by atoms with Crippen LogP contribution in [0.1, 0.15) is 45.4 Å². The van der Waals surface area contributed by atoms with E-state index in [1.807, 2.05) is 12.3 Å². The second-order valence-electron chi connectivity index (χ2n) is 6.74. The molecule has 3 rings (SSSR count). The van der Waals surface area contributed by atoms with Gasteiger partial charge in [0.15, 0.2) is 0 Å². The van der Waals surface area contributed by atoms with Crippen molar-refractivity contribution in [2.75, 3.05) is 29.4 Å². The Morgan fingerprint density at radius 1 is 1.29 bits per heavy atom. The van der Waals surface area contributed by atoms with E-state index < -0.39 is 0 Å². The first-order chi connectivity index (χ1) is 11.7. The van der Waals surface area contributed by atoms with Gasteiger partial charge in [0.2, 0.25) is 11.9 Å². The number of piperidine rings is 2. The molecule has 0 aliphatic carbocycles. The molecule has 1 unspecified atom stereocenters. The predicted molar refractivity (Wildman–Crippen MR) is 94.6 cm³/mol. The average molecular weight is 332 g/mol. The highest BCUT2D eigenvalue weighted by molar-refractivity contribution is 5.78. The van der Waals surface area contributed by atoms with Crippen LogP contribution in [0.3, 0.4) is 0 Å². The van der Waals surface area contributed by atoms with Crippen LogP contribution in [0.5, 0.6) is 0 Å². The molecule has 0 spiro atoms. The van der Waals surface area contributed by atoms with Crippen molar-refractivity contribution in [2.24, 2.45) is 11.8 Å². The molecule has 2 aliphatic heterocycles. The van der Waals surface area contributed by atoms with Crippen molar-refractivity contribution in [1.82, 2.24) is 15.4 Å². The summed E-state index contributed by atoms with van der Waals surface area (Å²) in [5.41, 5.74) is 2.26. The maximum Gasteiger partial charge on any atom is 0.237 e. The van der Waals surface area contributed by atoms with Gasteiger partial charge in [-0.2, -0.15) is 4.98 Å². The monoisotopic (exact) mass is 332 g/mol. The van der Waals surface area contributed by atoms with E-state index in [1.54, 1.807) is 0 Å². The first-order valence-corrected chi connectivity index (χ1v) is 9.08. The number of carbonyl (C=O) groups is 1. The summed E-state index contributed by atoms with van der Waals surface area (Å²) in [4.78, 5) is 25.5. The molecule has 1 aromatic heterocycles. The van der Waals surface area contributed by atoms with E-state index in [0.29, 0.717) is 6.04 Å². The van der Waals surface area contributed by atoms with Crippen LogP contribution in [0, 0.1) is 5.92 Å². The van der Waals surface area contributed by atoms with Gasteiger partial charge in [0.05, 0.1) is 0 Å². The lowest BCUT2D eigenvalue weighted by Crippen LogP contribution is -2.43. The molecule has 0 aromatic carbocycles. The molecule has 2 aliphatic rings. The Labute approximate surface area is 143 Å². The molecule has 7 heteroatoms. The van der Waals surface area contributed by atoms with Gasteiger partial charge in [-0.25, -0.2) is 10.8 Å². The zero-order valence-corrected chi connectivity index (χ0v) is 14.4. The van der Waals surface area contributed by atoms with Gasteiger partial charge in [-0.1, -0.05) is 6.92 Å². The third-order valence-corrected chi connectivity index (χ3v) is 5.31. The number of carbonyl (C=O) groups excluding carboxylic acids is 1. The number of hydrazine groups is 1. The highest BCUT2D eigenvalue weighted by Gasteiger charge is 2.27. The molecule has 1 aromatic rings. The van der Waals surface area contributed by atoms with Gasteiger partial charge < -0.3 is 9.80 Å². The Hall–Kier alpha value is -1.89. The summed E-state index contributed by atoms with van der Waals surface area (Å²) in [5.74, 6) is 6.98. The van der Waals surface area contributed by atoms with Gasteiger partial charge >= 0.3 is 0 Å². The fraction of sp³-hybridized carbons (Fsp3) is 0.706. The third kappa shape index (κ3) is 3.61. The number of nitrogens with two attached hydrogens (primary N) is 1. The Bertz CT molecular complexity index is 558. The number of anilines is 2. The van der Waals surface area contributed by atoms with Crippen LogP contribution in [0.25, 0.3) is 0 Å². The maximum absolute atomic E-state index is 11.6. The molecular formula is C17H28N6O. The fourth-order valence-corrected chi connectivity index (χ4v) is 3.84. The molecular weight excluding hydrogens is 304 g/mol. The highest BCUT2D eigenvalue weighted by atomic mass is 16.2. The molecule has 0 saturated carbocycles. The molecule has 2 fully saturated rings. The van der Waals surface area contributed by atoms with Crippen LogP contribution in [-0.2, 0) is 4.79 Å². The van der Waals surface area contributed by atoms with E-state index in [4.69, 9.17) is 10.8 Å². The summed E-state index contributed by atoms with van der Waals surface area (Å²) < 4.78 is 0. The summed E-state index contributed by atoms with van der Waals surface area (Å²) in [6, 6.07) is 2.60. The van der Waals surface area contributed by atoms with Crippen LogP contribution < -0.4 is 21.1 Å². The van der Waals surface area contributed by atoms with Gasteiger partial charge in [0.1, 0.15) is 5.82 Å². The SMILES string of the molecule is CCC1CCCCN1c1ccnc(N2CCC(C(=O)NN)CC2)n1. The van der Waals surface area contributed by atoms with E-state index in [-0.39, 0.29) is 11.8 Å². The molecule has 3 N–H and O–H groups in total. The number of aromatic nitrogens is 2. The zero-order valence-electron chi connectivity index (χ0n) is 14.4. The summed E-state index contributed by atoms with van der Waals surface area (Å²) in [7, 11) is 0. The van der Waals surface area contributed by atoms with E-state index >= 15 is 0 Å². The van der Waals surface area contributed by atoms with Gasteiger partial charge in [0.25, 0.3) is 0 Å². The average Bonchev–Trinajstić information content (AvgIpc) is 2.67. The number of nitrogens with zero attached hydrogens (tertiary/aromatic N) is 4. The van der Waals surface area contributed by atoms with E-state index in [1.165, 1.54) is 19.3 Å². The van der Waals surface area contributed by atoms with Gasteiger partial charge in [0, 0.05) is 37.8 Å². The molecule has 132 valence electrons. The topological polar surface area (TPSA) is 87.4 Å². The van der Waals surface area contributed by atoms with Crippen LogP contribution >= 0.6 is 0 Å². The molecule has 0 bridgehead atoms. The molecule has 1 amide bonds. The van der Waals surface area contributed by atoms with Crippen molar-refractivity contribution in [2.45, 2.75) is 51.5 Å². The van der Waals surface area contributed by atoms with Crippen molar-refractivity contribution >= 4 is 17.7 Å². The first kappa shape index (κ1) is 17.0. The molecule has 2 saturated heterocycles. The summed E-state index contributed by atoms with van der Waals surface area (Å²) in [5, 5.41) is 0. The maximum atomic E-state index is 11.6. The smallest absolute Gasteiger partial charge is 0.237 e. The van der Waals surface area contributed by atoms with Gasteiger partial charge in [-0.3, -0.25) is 10.2 Å². The van der Waals surface area contributed by atoms with Crippen molar-refractivity contribution in [1.29, 1.82) is 0 Å². The molecule has 24 heavy (non-hydrogen) atoms. The van der Waals surface area contributed by atoms with Crippen LogP contribution in [-0.4, -0.2) is 41.6 Å². The molecule has 0 radical (unpaired) electrons. The highest BCUT2D eigenvalue weighted by Crippen LogP contribution is 2.27. The van der Waals surface area contributed by atoms with Crippen LogP contribution in [0.4, 0.5) is 11.8 Å². The third-order valence-electron chi connectivity index (χ3n) is 5.31. The Balaban J connectivity index is 1.68. The lowest BCUT2D eigenvalue weighted by Gasteiger charge is -2.37. The van der Waals surface area contributed by atoms with Crippen molar-refractivity contribution in [3.05, 3.63) is 12.3 Å². The lowest BCUT2D eigenvalue weighted by atomic mass is 9.96. The number of nitrogens with one attached hydrogen (secondary N) is 1. The summed E-state index contributed by atoms with van der Waals surface area (Å²) in [6.45, 7) is 4.91. The van der Waals surface area contributed by atoms with Crippen molar-refractivity contribution < 1.29 is 4.79 Å². The zero-order chi connectivity index (χ0) is 16.9. The van der Waals surface area contributed by atoms with E-state index in [0.717, 1.165) is 50.7 Å². The normalized spacial score (nSPS) is 22.5. The van der Waals surface area contributed by atoms with E-state index in [2.05, 4.69) is 27.1 Å². The molecule has 1 atom stereocenters. The first-order valence-electron chi connectivity index (χ1n) is 9.08. The largest absolute Gasteiger partial charge is 0.353 e. The fourth-order valence-electron chi connectivity index (χ4n) is 3.84. The second-order valence-corrected chi connectivity index (χ2v) is 6.74. The lowest BCUT2D eigenvalue weighted by molar-refractivity contribution is -0.125. The Morgan fingerprint density at radius 2 is 2.08 bits per heavy atom. The van der Waals surface area contributed by atoms with Crippen LogP contribution in [0.2, 0.25) is 0 Å². The summed E-state index contributed by atoms with van der Waals surface area (Å²) in [6.07, 6.45) is 8.38. The number of amides is 1. The molecule has 7 nitrogen and oxygen atoms in total. The number of hydrogen-bond acceptors (Lipinski definition) is 6. The van der Waals surface area contributed by atoms with E-state index in [9.17, 15) is 4.79 Å². The second kappa shape index (κ2) is 7.79. The van der Waals surface area contributed by atoms with Crippen molar-refractivity contribution in [3.8, 4) is 0 Å². The number of hydrogen-bond donors (Lipinski definition) is 2. The minimum Gasteiger partial charge on any atom is -0.353 e. The van der Waals surface area contributed by atoms with Gasteiger partial charge in [-0.05, 0) is 44.6 Å². The quantitative estimate of drug-likeness (QED) is 0.493. The van der Waals surface area contributed by atoms with Gasteiger partial charge in [-0.15, -0.1) is 0 Å². The minimum absolute atomic E-state index is 0.000925. The standard InChI is InChI=1S/C17H28N6O/c1-2-14-5-3-4-10-23(14)15-6-9-19-17(20-15)22-11-7-13(8-12-22)16(24)21-18/h6,9,13-14H,2-5,7-8,10-12,18H2,1H3,(H,21,24).